The maximum atomic E-state index is 12.4. The van der Waals surface area contributed by atoms with Crippen LogP contribution in [-0.2, 0) is 21.2 Å². The first-order valence-electron chi connectivity index (χ1n) is 13.0. The minimum absolute atomic E-state index is 0.157. The molecule has 0 saturated carbocycles. The molecule has 1 aliphatic rings. The average Bonchev–Trinajstić information content (AvgIpc) is 3.40. The molecule has 0 unspecified atom stereocenters. The first-order chi connectivity index (χ1) is 19.9. The van der Waals surface area contributed by atoms with Gasteiger partial charge in [-0.15, -0.1) is 0 Å². The fraction of sp³-hybridized carbons (Fsp3) is 0.333. The van der Waals surface area contributed by atoms with Crippen molar-refractivity contribution in [2.75, 3.05) is 79.3 Å². The standard InChI is InChI=1S/C27H34ClN9O4S/c1-7-22(38)30-20-15-21(26(41-5)34-25(20)36(4)14-13-35(2)3)32-27-29-16-18(28)24(33-27)31-19-10-8-9-17-11-12-37(23(17)19)42(6,39)40/h7-10,15-16H,1,11-14H2,2-6H3,(H,30,38)(H2,29,31,32,33). The highest BCUT2D eigenvalue weighted by molar-refractivity contribution is 7.92. The van der Waals surface area contributed by atoms with E-state index >= 15 is 0 Å². The third-order valence-electron chi connectivity index (χ3n) is 6.45. The van der Waals surface area contributed by atoms with Gasteiger partial charge in [-0.2, -0.15) is 9.97 Å². The second-order valence-corrected chi connectivity index (χ2v) is 12.2. The van der Waals surface area contributed by atoms with Crippen LogP contribution in [-0.4, -0.2) is 88.3 Å². The van der Waals surface area contributed by atoms with Crippen molar-refractivity contribution in [1.82, 2.24) is 19.9 Å². The zero-order valence-corrected chi connectivity index (χ0v) is 25.7. The number of rotatable bonds is 12. The van der Waals surface area contributed by atoms with Crippen molar-refractivity contribution in [3.05, 3.63) is 53.7 Å². The van der Waals surface area contributed by atoms with Crippen molar-refractivity contribution in [1.29, 1.82) is 0 Å². The Morgan fingerprint density at radius 1 is 1.17 bits per heavy atom. The first-order valence-corrected chi connectivity index (χ1v) is 15.2. The van der Waals surface area contributed by atoms with Crippen molar-refractivity contribution >= 4 is 67.9 Å². The summed E-state index contributed by atoms with van der Waals surface area (Å²) in [4.78, 5) is 29.7. The highest BCUT2D eigenvalue weighted by Crippen LogP contribution is 2.40. The molecule has 224 valence electrons. The Morgan fingerprint density at radius 3 is 2.60 bits per heavy atom. The summed E-state index contributed by atoms with van der Waals surface area (Å²) in [5, 5.41) is 9.29. The SMILES string of the molecule is C=CC(=O)Nc1cc(Nc2ncc(Cl)c(Nc3cccc4c3N(S(C)(=O)=O)CC4)n2)c(OC)nc1N(C)CCN(C)C. The monoisotopic (exact) mass is 615 g/mol. The Morgan fingerprint density at radius 2 is 1.93 bits per heavy atom. The largest absolute Gasteiger partial charge is 0.479 e. The number of fused-ring (bicyclic) bond motifs is 1. The van der Waals surface area contributed by atoms with E-state index in [-0.39, 0.29) is 22.7 Å². The quantitative estimate of drug-likeness (QED) is 0.258. The van der Waals surface area contributed by atoms with E-state index in [9.17, 15) is 13.2 Å². The van der Waals surface area contributed by atoms with Crippen LogP contribution >= 0.6 is 11.6 Å². The minimum Gasteiger partial charge on any atom is -0.479 e. The molecule has 0 atom stereocenters. The van der Waals surface area contributed by atoms with Gasteiger partial charge in [0, 0.05) is 26.7 Å². The number of nitrogens with one attached hydrogen (secondary N) is 3. The van der Waals surface area contributed by atoms with E-state index < -0.39 is 15.9 Å². The number of aromatic nitrogens is 3. The van der Waals surface area contributed by atoms with Crippen LogP contribution in [0.5, 0.6) is 5.88 Å². The van der Waals surface area contributed by atoms with Gasteiger partial charge in [0.1, 0.15) is 10.7 Å². The van der Waals surface area contributed by atoms with E-state index in [0.717, 1.165) is 12.1 Å². The zero-order chi connectivity index (χ0) is 30.6. The maximum absolute atomic E-state index is 12.4. The lowest BCUT2D eigenvalue weighted by molar-refractivity contribution is -0.111. The van der Waals surface area contributed by atoms with Crippen LogP contribution in [0.1, 0.15) is 5.56 Å². The van der Waals surface area contributed by atoms with Gasteiger partial charge in [-0.1, -0.05) is 30.3 Å². The van der Waals surface area contributed by atoms with E-state index in [1.54, 1.807) is 12.1 Å². The summed E-state index contributed by atoms with van der Waals surface area (Å²) in [5.41, 5.74) is 2.82. The third kappa shape index (κ3) is 7.01. The molecule has 2 aromatic heterocycles. The summed E-state index contributed by atoms with van der Waals surface area (Å²) in [6.07, 6.45) is 4.37. The Kier molecular flexibility index (Phi) is 9.39. The molecule has 0 aliphatic carbocycles. The number of ether oxygens (including phenoxy) is 1. The van der Waals surface area contributed by atoms with Gasteiger partial charge in [0.15, 0.2) is 11.6 Å². The van der Waals surface area contributed by atoms with Crippen LogP contribution in [0.4, 0.5) is 40.3 Å². The molecule has 1 amide bonds. The van der Waals surface area contributed by atoms with E-state index in [2.05, 4.69) is 37.5 Å². The average molecular weight is 616 g/mol. The summed E-state index contributed by atoms with van der Waals surface area (Å²) in [7, 11) is 3.81. The van der Waals surface area contributed by atoms with Crippen molar-refractivity contribution in [2.24, 2.45) is 0 Å². The lowest BCUT2D eigenvalue weighted by atomic mass is 10.1. The lowest BCUT2D eigenvalue weighted by Gasteiger charge is -2.24. The van der Waals surface area contributed by atoms with Crippen molar-refractivity contribution < 1.29 is 17.9 Å². The van der Waals surface area contributed by atoms with Crippen molar-refractivity contribution in [3.8, 4) is 5.88 Å². The van der Waals surface area contributed by atoms with Gasteiger partial charge < -0.3 is 30.5 Å². The summed E-state index contributed by atoms with van der Waals surface area (Å²) in [5.74, 6) is 0.764. The molecule has 1 aliphatic heterocycles. The summed E-state index contributed by atoms with van der Waals surface area (Å²) in [6.45, 7) is 5.30. The second-order valence-electron chi connectivity index (χ2n) is 9.87. The number of benzene rings is 1. The molecule has 4 rings (SSSR count). The number of methoxy groups -OCH3 is 1. The third-order valence-corrected chi connectivity index (χ3v) is 7.89. The number of sulfonamides is 1. The molecule has 3 heterocycles. The molecule has 15 heteroatoms. The van der Waals surface area contributed by atoms with Gasteiger partial charge in [-0.05, 0) is 44.3 Å². The fourth-order valence-corrected chi connectivity index (χ4v) is 5.48. The Labute approximate surface area is 250 Å². The lowest BCUT2D eigenvalue weighted by Crippen LogP contribution is -2.30. The van der Waals surface area contributed by atoms with Crippen LogP contribution in [0, 0.1) is 0 Å². The van der Waals surface area contributed by atoms with E-state index in [1.165, 1.54) is 29.9 Å². The minimum atomic E-state index is -3.48. The molecule has 0 saturated heterocycles. The number of carbonyl (C=O) groups excluding carboxylic acids is 1. The number of hydrogen-bond donors (Lipinski definition) is 3. The summed E-state index contributed by atoms with van der Waals surface area (Å²) in [6, 6.07) is 7.17. The number of pyridine rings is 1. The van der Waals surface area contributed by atoms with Crippen LogP contribution in [0.3, 0.4) is 0 Å². The number of halogens is 1. The molecule has 0 fully saturated rings. The highest BCUT2D eigenvalue weighted by atomic mass is 35.5. The first kappa shape index (κ1) is 30.8. The Balaban J connectivity index is 1.68. The van der Waals surface area contributed by atoms with Crippen LogP contribution in [0.15, 0.2) is 43.1 Å². The predicted molar refractivity (Wildman–Crippen MR) is 167 cm³/mol. The molecular weight excluding hydrogens is 582 g/mol. The van der Waals surface area contributed by atoms with Crippen LogP contribution in [0.25, 0.3) is 0 Å². The van der Waals surface area contributed by atoms with Gasteiger partial charge in [-0.25, -0.2) is 13.4 Å². The van der Waals surface area contributed by atoms with E-state index in [1.807, 2.05) is 43.1 Å². The van der Waals surface area contributed by atoms with Crippen LogP contribution < -0.4 is 29.9 Å². The van der Waals surface area contributed by atoms with Gasteiger partial charge in [0.25, 0.3) is 0 Å². The Hall–Kier alpha value is -4.14. The highest BCUT2D eigenvalue weighted by Gasteiger charge is 2.29. The number of likely N-dealkylation sites (N-methyl/N-ethyl adjacent to an activating group) is 2. The summed E-state index contributed by atoms with van der Waals surface area (Å²) < 4.78 is 31.8. The normalized spacial score (nSPS) is 12.6. The van der Waals surface area contributed by atoms with E-state index in [0.29, 0.717) is 48.1 Å². The fourth-order valence-electron chi connectivity index (χ4n) is 4.37. The molecule has 0 radical (unpaired) electrons. The molecule has 1 aromatic carbocycles. The Bertz CT molecular complexity index is 1600. The number of hydrogen-bond acceptors (Lipinski definition) is 11. The van der Waals surface area contributed by atoms with Gasteiger partial charge in [0.05, 0.1) is 36.6 Å². The molecule has 42 heavy (non-hydrogen) atoms. The molecule has 0 bridgehead atoms. The molecule has 13 nitrogen and oxygen atoms in total. The smallest absolute Gasteiger partial charge is 0.247 e. The topological polar surface area (TPSA) is 145 Å². The molecule has 0 spiro atoms. The number of para-hydroxylation sites is 1. The number of amides is 1. The van der Waals surface area contributed by atoms with Crippen molar-refractivity contribution in [3.63, 3.8) is 0 Å². The van der Waals surface area contributed by atoms with Crippen molar-refractivity contribution in [2.45, 2.75) is 6.42 Å². The van der Waals surface area contributed by atoms with Gasteiger partial charge >= 0.3 is 0 Å². The molecule has 3 aromatic rings. The number of carbonyl (C=O) groups is 1. The maximum Gasteiger partial charge on any atom is 0.247 e. The second kappa shape index (κ2) is 12.8. The van der Waals surface area contributed by atoms with Crippen LogP contribution in [0.2, 0.25) is 5.02 Å². The number of anilines is 7. The summed E-state index contributed by atoms with van der Waals surface area (Å²) >= 11 is 6.44. The molecule has 3 N–H and O–H groups in total. The van der Waals surface area contributed by atoms with E-state index in [4.69, 9.17) is 16.3 Å². The zero-order valence-electron chi connectivity index (χ0n) is 24.1. The predicted octanol–water partition coefficient (Wildman–Crippen LogP) is 3.47. The number of nitrogens with zero attached hydrogens (tertiary/aromatic N) is 6. The van der Waals surface area contributed by atoms with Gasteiger partial charge in [-0.3, -0.25) is 9.10 Å². The molecular formula is C27H34ClN9O4S. The van der Waals surface area contributed by atoms with Gasteiger partial charge in [0.2, 0.25) is 27.8 Å².